The van der Waals surface area contributed by atoms with Crippen molar-refractivity contribution in [3.05, 3.63) is 35.4 Å². The fourth-order valence-corrected chi connectivity index (χ4v) is 2.50. The maximum absolute atomic E-state index is 11.0. The molecule has 0 saturated heterocycles. The van der Waals surface area contributed by atoms with Crippen LogP contribution < -0.4 is 0 Å². The minimum absolute atomic E-state index is 0.0849. The van der Waals surface area contributed by atoms with Crippen LogP contribution in [0.4, 0.5) is 0 Å². The van der Waals surface area contributed by atoms with Gasteiger partial charge in [0.15, 0.2) is 0 Å². The van der Waals surface area contributed by atoms with Crippen LogP contribution >= 0.6 is 0 Å². The monoisotopic (exact) mass is 233 g/mol. The average molecular weight is 233 g/mol. The second-order valence-corrected chi connectivity index (χ2v) is 5.25. The molecule has 0 unspecified atom stereocenters. The van der Waals surface area contributed by atoms with Crippen molar-refractivity contribution < 1.29 is 9.90 Å². The summed E-state index contributed by atoms with van der Waals surface area (Å²) in [6.45, 7) is 0.873. The summed E-state index contributed by atoms with van der Waals surface area (Å²) in [5.74, 6) is -0.692. The number of carboxylic acid groups (broad SMARTS) is 1. The molecule has 0 atom stereocenters. The zero-order valence-corrected chi connectivity index (χ0v) is 10.4. The summed E-state index contributed by atoms with van der Waals surface area (Å²) in [6.07, 6.45) is 2.27. The van der Waals surface area contributed by atoms with Crippen molar-refractivity contribution in [3.8, 4) is 0 Å². The van der Waals surface area contributed by atoms with Crippen molar-refractivity contribution >= 4 is 5.97 Å². The lowest BCUT2D eigenvalue weighted by molar-refractivity contribution is -0.137. The summed E-state index contributed by atoms with van der Waals surface area (Å²) >= 11 is 0. The first-order valence-corrected chi connectivity index (χ1v) is 5.98. The summed E-state index contributed by atoms with van der Waals surface area (Å²) in [4.78, 5) is 13.1. The van der Waals surface area contributed by atoms with E-state index in [0.29, 0.717) is 0 Å². The molecular formula is C14H19NO2. The van der Waals surface area contributed by atoms with Crippen LogP contribution in [0, 0.1) is 0 Å². The van der Waals surface area contributed by atoms with Gasteiger partial charge in [0, 0.05) is 12.0 Å². The largest absolute Gasteiger partial charge is 0.481 e. The predicted octanol–water partition coefficient (Wildman–Crippen LogP) is 2.25. The zero-order valence-electron chi connectivity index (χ0n) is 10.4. The molecule has 1 aliphatic carbocycles. The van der Waals surface area contributed by atoms with Crippen molar-refractivity contribution in [2.75, 3.05) is 14.1 Å². The van der Waals surface area contributed by atoms with Gasteiger partial charge in [0.2, 0.25) is 0 Å². The molecule has 0 bridgehead atoms. The first kappa shape index (κ1) is 12.1. The molecule has 1 saturated carbocycles. The normalized spacial score (nSPS) is 17.1. The van der Waals surface area contributed by atoms with Crippen molar-refractivity contribution in [2.45, 2.75) is 31.2 Å². The predicted molar refractivity (Wildman–Crippen MR) is 67.0 cm³/mol. The topological polar surface area (TPSA) is 40.5 Å². The van der Waals surface area contributed by atoms with Gasteiger partial charge in [0.1, 0.15) is 0 Å². The van der Waals surface area contributed by atoms with Crippen LogP contribution in [0.5, 0.6) is 0 Å². The summed E-state index contributed by atoms with van der Waals surface area (Å²) in [6, 6.07) is 8.24. The number of hydrogen-bond donors (Lipinski definition) is 1. The fourth-order valence-electron chi connectivity index (χ4n) is 2.50. The maximum Gasteiger partial charge on any atom is 0.304 e. The van der Waals surface area contributed by atoms with E-state index in [1.807, 2.05) is 26.2 Å². The molecule has 1 fully saturated rings. The summed E-state index contributed by atoms with van der Waals surface area (Å²) in [5.41, 5.74) is 2.41. The van der Waals surface area contributed by atoms with E-state index in [1.165, 1.54) is 11.1 Å². The SMILES string of the molecule is CN(C)Cc1ccccc1C1(CC(=O)O)CC1. The Bertz CT molecular complexity index is 422. The summed E-state index contributed by atoms with van der Waals surface area (Å²) in [5, 5.41) is 9.01. The van der Waals surface area contributed by atoms with Gasteiger partial charge >= 0.3 is 5.97 Å². The third kappa shape index (κ3) is 2.67. The van der Waals surface area contributed by atoms with E-state index in [4.69, 9.17) is 5.11 Å². The number of carbonyl (C=O) groups is 1. The van der Waals surface area contributed by atoms with Gasteiger partial charge in [-0.3, -0.25) is 4.79 Å². The number of benzene rings is 1. The molecule has 0 aromatic heterocycles. The third-order valence-corrected chi connectivity index (χ3v) is 3.42. The Labute approximate surface area is 102 Å². The Morgan fingerprint density at radius 2 is 2.00 bits per heavy atom. The van der Waals surface area contributed by atoms with Crippen LogP contribution in [0.15, 0.2) is 24.3 Å². The minimum Gasteiger partial charge on any atom is -0.481 e. The van der Waals surface area contributed by atoms with E-state index in [-0.39, 0.29) is 11.8 Å². The van der Waals surface area contributed by atoms with Gasteiger partial charge in [-0.25, -0.2) is 0 Å². The van der Waals surface area contributed by atoms with Crippen molar-refractivity contribution in [1.29, 1.82) is 0 Å². The molecule has 92 valence electrons. The van der Waals surface area contributed by atoms with Crippen LogP contribution in [0.3, 0.4) is 0 Å². The second-order valence-electron chi connectivity index (χ2n) is 5.25. The smallest absolute Gasteiger partial charge is 0.304 e. The first-order chi connectivity index (χ1) is 8.03. The molecule has 1 aromatic rings. The lowest BCUT2D eigenvalue weighted by Crippen LogP contribution is -2.18. The van der Waals surface area contributed by atoms with E-state index in [1.54, 1.807) is 0 Å². The highest BCUT2D eigenvalue weighted by Gasteiger charge is 2.46. The molecule has 1 aromatic carbocycles. The molecule has 1 aliphatic rings. The van der Waals surface area contributed by atoms with E-state index in [0.717, 1.165) is 19.4 Å². The van der Waals surface area contributed by atoms with Crippen LogP contribution in [0.25, 0.3) is 0 Å². The average Bonchev–Trinajstić information content (AvgIpc) is 2.97. The van der Waals surface area contributed by atoms with Crippen LogP contribution in [-0.4, -0.2) is 30.1 Å². The molecule has 0 amide bonds. The first-order valence-electron chi connectivity index (χ1n) is 5.98. The van der Waals surface area contributed by atoms with E-state index >= 15 is 0 Å². The number of rotatable bonds is 5. The van der Waals surface area contributed by atoms with Crippen molar-refractivity contribution in [2.24, 2.45) is 0 Å². The number of carboxylic acids is 1. The maximum atomic E-state index is 11.0. The van der Waals surface area contributed by atoms with Gasteiger partial charge in [-0.2, -0.15) is 0 Å². The molecular weight excluding hydrogens is 214 g/mol. The van der Waals surface area contributed by atoms with Gasteiger partial charge in [-0.15, -0.1) is 0 Å². The number of aliphatic carboxylic acids is 1. The van der Waals surface area contributed by atoms with Gasteiger partial charge in [-0.1, -0.05) is 24.3 Å². The molecule has 3 heteroatoms. The van der Waals surface area contributed by atoms with Gasteiger partial charge in [-0.05, 0) is 38.1 Å². The molecule has 1 N–H and O–H groups in total. The Kier molecular flexibility index (Phi) is 3.20. The molecule has 0 heterocycles. The Morgan fingerprint density at radius 3 is 2.53 bits per heavy atom. The molecule has 3 nitrogen and oxygen atoms in total. The van der Waals surface area contributed by atoms with E-state index < -0.39 is 5.97 Å². The van der Waals surface area contributed by atoms with Crippen molar-refractivity contribution in [3.63, 3.8) is 0 Å². The lowest BCUT2D eigenvalue weighted by atomic mass is 9.88. The summed E-state index contributed by atoms with van der Waals surface area (Å²) < 4.78 is 0. The Morgan fingerprint density at radius 1 is 1.35 bits per heavy atom. The van der Waals surface area contributed by atoms with Crippen LogP contribution in [0.1, 0.15) is 30.4 Å². The highest BCUT2D eigenvalue weighted by atomic mass is 16.4. The van der Waals surface area contributed by atoms with Crippen LogP contribution in [0.2, 0.25) is 0 Å². The van der Waals surface area contributed by atoms with Gasteiger partial charge in [0.25, 0.3) is 0 Å². The van der Waals surface area contributed by atoms with Gasteiger partial charge in [0.05, 0.1) is 6.42 Å². The van der Waals surface area contributed by atoms with E-state index in [9.17, 15) is 4.79 Å². The Hall–Kier alpha value is -1.35. The zero-order chi connectivity index (χ0) is 12.5. The summed E-state index contributed by atoms with van der Waals surface area (Å²) in [7, 11) is 4.07. The van der Waals surface area contributed by atoms with Gasteiger partial charge < -0.3 is 10.0 Å². The highest BCUT2D eigenvalue weighted by Crippen LogP contribution is 2.52. The van der Waals surface area contributed by atoms with E-state index in [2.05, 4.69) is 17.0 Å². The standard InChI is InChI=1S/C14H19NO2/c1-15(2)10-11-5-3-4-6-12(11)14(7-8-14)9-13(16)17/h3-6H,7-10H2,1-2H3,(H,16,17). The molecule has 0 spiro atoms. The second kappa shape index (κ2) is 4.49. The molecule has 2 rings (SSSR count). The minimum atomic E-state index is -0.692. The molecule has 0 aliphatic heterocycles. The Balaban J connectivity index is 2.28. The third-order valence-electron chi connectivity index (χ3n) is 3.42. The number of nitrogens with zero attached hydrogens (tertiary/aromatic N) is 1. The van der Waals surface area contributed by atoms with Crippen LogP contribution in [-0.2, 0) is 16.8 Å². The molecule has 17 heavy (non-hydrogen) atoms. The lowest BCUT2D eigenvalue weighted by Gasteiger charge is -2.20. The quantitative estimate of drug-likeness (QED) is 0.848. The highest BCUT2D eigenvalue weighted by molar-refractivity contribution is 5.70. The fraction of sp³-hybridized carbons (Fsp3) is 0.500. The van der Waals surface area contributed by atoms with Crippen molar-refractivity contribution in [1.82, 2.24) is 4.90 Å². The molecule has 0 radical (unpaired) electrons. The number of hydrogen-bond acceptors (Lipinski definition) is 2.